The Kier molecular flexibility index (Phi) is 4.70. The van der Waals surface area contributed by atoms with Crippen molar-refractivity contribution in [2.45, 2.75) is 18.1 Å². The lowest BCUT2D eigenvalue weighted by Crippen LogP contribution is -2.06. The van der Waals surface area contributed by atoms with Gasteiger partial charge in [-0.1, -0.05) is 40.2 Å². The fraction of sp³-hybridized carbons (Fsp3) is 0.200. The van der Waals surface area contributed by atoms with Crippen molar-refractivity contribution in [2.24, 2.45) is 0 Å². The molecule has 2 rings (SSSR count). The van der Waals surface area contributed by atoms with Gasteiger partial charge in [0.1, 0.15) is 12.4 Å². The highest BCUT2D eigenvalue weighted by Crippen LogP contribution is 2.29. The van der Waals surface area contributed by atoms with Crippen molar-refractivity contribution in [2.75, 3.05) is 0 Å². The monoisotopic (exact) mass is 344 g/mol. The van der Waals surface area contributed by atoms with E-state index >= 15 is 0 Å². The van der Waals surface area contributed by atoms with Crippen molar-refractivity contribution >= 4 is 15.9 Å². The first-order valence-corrected chi connectivity index (χ1v) is 7.05. The topological polar surface area (TPSA) is 9.23 Å². The predicted octanol–water partition coefficient (Wildman–Crippen LogP) is 5.18. The summed E-state index contributed by atoms with van der Waals surface area (Å²) < 4.78 is 43.3. The Balaban J connectivity index is 2.07. The van der Waals surface area contributed by atoms with Crippen LogP contribution in [0.25, 0.3) is 0 Å². The quantitative estimate of drug-likeness (QED) is 0.694. The third-order valence-corrected chi connectivity index (χ3v) is 3.36. The molecule has 20 heavy (non-hydrogen) atoms. The van der Waals surface area contributed by atoms with Crippen LogP contribution < -0.4 is 4.74 Å². The highest BCUT2D eigenvalue weighted by atomic mass is 79.9. The molecule has 0 aliphatic rings. The first kappa shape index (κ1) is 14.9. The Hall–Kier alpha value is -1.49. The number of halogens is 4. The van der Waals surface area contributed by atoms with Crippen LogP contribution in [0.4, 0.5) is 13.2 Å². The van der Waals surface area contributed by atoms with Crippen LogP contribution in [0.2, 0.25) is 0 Å². The molecule has 0 aliphatic carbocycles. The number of benzene rings is 2. The second kappa shape index (κ2) is 6.31. The Morgan fingerprint density at radius 2 is 1.65 bits per heavy atom. The maximum Gasteiger partial charge on any atom is 0.416 e. The molecule has 0 N–H and O–H groups in total. The minimum Gasteiger partial charge on any atom is -0.489 e. The van der Waals surface area contributed by atoms with E-state index < -0.39 is 11.7 Å². The van der Waals surface area contributed by atoms with Crippen LogP contribution in [0.5, 0.6) is 5.75 Å². The largest absolute Gasteiger partial charge is 0.489 e. The molecule has 0 bridgehead atoms. The molecular formula is C15H12BrF3O. The Bertz CT molecular complexity index is 581. The van der Waals surface area contributed by atoms with E-state index in [-0.39, 0.29) is 6.61 Å². The molecule has 0 saturated carbocycles. The normalized spacial score (nSPS) is 11.4. The zero-order valence-corrected chi connectivity index (χ0v) is 12.0. The van der Waals surface area contributed by atoms with Crippen molar-refractivity contribution in [1.29, 1.82) is 0 Å². The van der Waals surface area contributed by atoms with E-state index in [2.05, 4.69) is 15.9 Å². The summed E-state index contributed by atoms with van der Waals surface area (Å²) in [5, 5.41) is 0.702. The molecule has 106 valence electrons. The average Bonchev–Trinajstić information content (AvgIpc) is 2.45. The molecule has 0 radical (unpaired) electrons. The first-order chi connectivity index (χ1) is 9.49. The minimum absolute atomic E-state index is 0.107. The van der Waals surface area contributed by atoms with E-state index in [0.717, 1.165) is 17.7 Å². The maximum atomic E-state index is 12.6. The molecule has 1 nitrogen and oxygen atoms in total. The van der Waals surface area contributed by atoms with Gasteiger partial charge in [0.05, 0.1) is 5.56 Å². The van der Waals surface area contributed by atoms with Crippen molar-refractivity contribution in [3.8, 4) is 5.75 Å². The number of ether oxygens (including phenoxy) is 1. The van der Waals surface area contributed by atoms with Gasteiger partial charge in [-0.3, -0.25) is 0 Å². The molecule has 0 fully saturated rings. The minimum atomic E-state index is -4.33. The molecular weight excluding hydrogens is 333 g/mol. The summed E-state index contributed by atoms with van der Waals surface area (Å²) in [5.74, 6) is 0.638. The van der Waals surface area contributed by atoms with Gasteiger partial charge in [-0.25, -0.2) is 0 Å². The van der Waals surface area contributed by atoms with Crippen LogP contribution in [0.3, 0.4) is 0 Å². The highest BCUT2D eigenvalue weighted by Gasteiger charge is 2.30. The van der Waals surface area contributed by atoms with E-state index in [1.165, 1.54) is 6.07 Å². The molecule has 0 amide bonds. The van der Waals surface area contributed by atoms with Crippen molar-refractivity contribution in [3.05, 3.63) is 65.2 Å². The van der Waals surface area contributed by atoms with Crippen LogP contribution in [-0.2, 0) is 18.1 Å². The summed E-state index contributed by atoms with van der Waals surface area (Å²) in [4.78, 5) is 0. The van der Waals surface area contributed by atoms with Gasteiger partial charge >= 0.3 is 6.18 Å². The number of rotatable bonds is 4. The van der Waals surface area contributed by atoms with Gasteiger partial charge in [-0.05, 0) is 35.4 Å². The van der Waals surface area contributed by atoms with E-state index in [9.17, 15) is 13.2 Å². The molecule has 0 atom stereocenters. The van der Waals surface area contributed by atoms with Crippen molar-refractivity contribution < 1.29 is 17.9 Å². The average molecular weight is 345 g/mol. The van der Waals surface area contributed by atoms with Crippen LogP contribution >= 0.6 is 15.9 Å². The van der Waals surface area contributed by atoms with Gasteiger partial charge in [-0.15, -0.1) is 0 Å². The maximum absolute atomic E-state index is 12.6. The van der Waals surface area contributed by atoms with Gasteiger partial charge < -0.3 is 4.74 Å². The van der Waals surface area contributed by atoms with Crippen LogP contribution in [0.15, 0.2) is 48.5 Å². The molecule has 0 aliphatic heterocycles. The smallest absolute Gasteiger partial charge is 0.416 e. The van der Waals surface area contributed by atoms with Crippen LogP contribution in [0.1, 0.15) is 16.7 Å². The molecule has 0 aromatic heterocycles. The zero-order valence-electron chi connectivity index (χ0n) is 10.5. The predicted molar refractivity (Wildman–Crippen MR) is 74.8 cm³/mol. The molecule has 0 spiro atoms. The van der Waals surface area contributed by atoms with E-state index in [1.54, 1.807) is 12.1 Å². The van der Waals surface area contributed by atoms with E-state index in [4.69, 9.17) is 4.74 Å². The Morgan fingerprint density at radius 1 is 0.950 bits per heavy atom. The number of alkyl halides is 4. The fourth-order valence-electron chi connectivity index (χ4n) is 1.72. The van der Waals surface area contributed by atoms with Crippen molar-refractivity contribution in [3.63, 3.8) is 0 Å². The lowest BCUT2D eigenvalue weighted by Gasteiger charge is -2.10. The van der Waals surface area contributed by atoms with Gasteiger partial charge in [-0.2, -0.15) is 13.2 Å². The van der Waals surface area contributed by atoms with Gasteiger partial charge in [0.15, 0.2) is 0 Å². The van der Waals surface area contributed by atoms with Crippen LogP contribution in [-0.4, -0.2) is 0 Å². The lowest BCUT2D eigenvalue weighted by atomic mass is 10.1. The SMILES string of the molecule is FC(F)(F)c1cccc(COc2cccc(CBr)c2)c1. The van der Waals surface area contributed by atoms with Gasteiger partial charge in [0.25, 0.3) is 0 Å². The molecule has 0 saturated heterocycles. The number of hydrogen-bond donors (Lipinski definition) is 0. The molecule has 2 aromatic rings. The molecule has 5 heteroatoms. The van der Waals surface area contributed by atoms with E-state index in [0.29, 0.717) is 16.6 Å². The highest BCUT2D eigenvalue weighted by molar-refractivity contribution is 9.08. The third-order valence-electron chi connectivity index (χ3n) is 2.71. The summed E-state index contributed by atoms with van der Waals surface area (Å²) in [5.41, 5.74) is 0.878. The summed E-state index contributed by atoms with van der Waals surface area (Å²) in [6.45, 7) is 0.107. The Morgan fingerprint density at radius 3 is 2.35 bits per heavy atom. The molecule has 0 heterocycles. The van der Waals surface area contributed by atoms with Gasteiger partial charge in [0, 0.05) is 5.33 Å². The van der Waals surface area contributed by atoms with Gasteiger partial charge in [0.2, 0.25) is 0 Å². The number of hydrogen-bond acceptors (Lipinski definition) is 1. The second-order valence-electron chi connectivity index (χ2n) is 4.27. The first-order valence-electron chi connectivity index (χ1n) is 5.93. The summed E-state index contributed by atoms with van der Waals surface area (Å²) in [6, 6.07) is 12.6. The van der Waals surface area contributed by atoms with Crippen molar-refractivity contribution in [1.82, 2.24) is 0 Å². The Labute approximate surface area is 123 Å². The lowest BCUT2D eigenvalue weighted by molar-refractivity contribution is -0.137. The molecule has 0 unspecified atom stereocenters. The second-order valence-corrected chi connectivity index (χ2v) is 4.83. The summed E-state index contributed by atoms with van der Waals surface area (Å²) in [6.07, 6.45) is -4.33. The zero-order chi connectivity index (χ0) is 14.6. The summed E-state index contributed by atoms with van der Waals surface area (Å²) in [7, 11) is 0. The summed E-state index contributed by atoms with van der Waals surface area (Å²) >= 11 is 3.34. The fourth-order valence-corrected chi connectivity index (χ4v) is 2.07. The van der Waals surface area contributed by atoms with E-state index in [1.807, 2.05) is 18.2 Å². The molecule has 2 aromatic carbocycles. The van der Waals surface area contributed by atoms with Crippen LogP contribution in [0, 0.1) is 0 Å². The third kappa shape index (κ3) is 4.00. The standard InChI is InChI=1S/C15H12BrF3O/c16-9-11-3-2-6-14(8-11)20-10-12-4-1-5-13(7-12)15(17,18)19/h1-8H,9-10H2.